The van der Waals surface area contributed by atoms with Crippen LogP contribution in [0.4, 0.5) is 4.79 Å². The molecule has 0 aromatic rings. The van der Waals surface area contributed by atoms with Gasteiger partial charge in [-0.2, -0.15) is 0 Å². The van der Waals surface area contributed by atoms with E-state index in [1.165, 1.54) is 12.8 Å². The fourth-order valence-corrected chi connectivity index (χ4v) is 2.97. The van der Waals surface area contributed by atoms with Crippen molar-refractivity contribution in [2.75, 3.05) is 20.3 Å². The highest BCUT2D eigenvalue weighted by molar-refractivity contribution is 5.75. The third-order valence-corrected chi connectivity index (χ3v) is 4.21. The van der Waals surface area contributed by atoms with E-state index >= 15 is 0 Å². The van der Waals surface area contributed by atoms with Crippen molar-refractivity contribution in [1.82, 2.24) is 10.6 Å². The van der Waals surface area contributed by atoms with E-state index in [-0.39, 0.29) is 23.7 Å². The lowest BCUT2D eigenvalue weighted by Crippen LogP contribution is -2.55. The third kappa shape index (κ3) is 4.08. The molecule has 0 aromatic carbocycles. The number of rotatable bonds is 3. The Balaban J connectivity index is 1.85. The van der Waals surface area contributed by atoms with Gasteiger partial charge in [0.25, 0.3) is 0 Å². The molecule has 3 atom stereocenters. The van der Waals surface area contributed by atoms with E-state index in [0.29, 0.717) is 6.61 Å². The highest BCUT2D eigenvalue weighted by atomic mass is 16.5. The lowest BCUT2D eigenvalue weighted by atomic mass is 10.0. The Kier molecular flexibility index (Phi) is 5.05. The molecule has 1 saturated heterocycles. The van der Waals surface area contributed by atoms with Gasteiger partial charge in [0.15, 0.2) is 0 Å². The molecule has 1 saturated carbocycles. The Morgan fingerprint density at radius 3 is 2.79 bits per heavy atom. The smallest absolute Gasteiger partial charge is 0.315 e. The van der Waals surface area contributed by atoms with Gasteiger partial charge in [-0.05, 0) is 26.2 Å². The maximum atomic E-state index is 12.1. The number of urea groups is 1. The van der Waals surface area contributed by atoms with E-state index in [1.807, 2.05) is 6.92 Å². The fraction of sp³-hybridized carbons (Fsp3) is 0.929. The zero-order chi connectivity index (χ0) is 13.7. The number of hydrogen-bond donors (Lipinski definition) is 2. The van der Waals surface area contributed by atoms with Gasteiger partial charge in [0.05, 0.1) is 24.3 Å². The summed E-state index contributed by atoms with van der Waals surface area (Å²) in [5.74, 6) is 0. The average molecular weight is 270 g/mol. The Labute approximate surface area is 115 Å². The van der Waals surface area contributed by atoms with Gasteiger partial charge in [-0.3, -0.25) is 0 Å². The second-order valence-electron chi connectivity index (χ2n) is 5.98. The molecule has 2 amide bonds. The van der Waals surface area contributed by atoms with Crippen LogP contribution in [-0.2, 0) is 9.47 Å². The highest BCUT2D eigenvalue weighted by Crippen LogP contribution is 2.21. The second kappa shape index (κ2) is 6.57. The molecule has 5 heteroatoms. The maximum Gasteiger partial charge on any atom is 0.315 e. The first kappa shape index (κ1) is 14.6. The predicted octanol–water partition coefficient (Wildman–Crippen LogP) is 1.81. The average Bonchev–Trinajstić information content (AvgIpc) is 2.66. The molecule has 0 radical (unpaired) electrons. The molecule has 0 aromatic heterocycles. The van der Waals surface area contributed by atoms with Crippen LogP contribution in [0.1, 0.15) is 45.4 Å². The van der Waals surface area contributed by atoms with Crippen molar-refractivity contribution in [2.24, 2.45) is 0 Å². The van der Waals surface area contributed by atoms with E-state index in [0.717, 1.165) is 32.3 Å². The van der Waals surface area contributed by atoms with Gasteiger partial charge in [-0.1, -0.05) is 19.3 Å². The van der Waals surface area contributed by atoms with Crippen molar-refractivity contribution in [3.8, 4) is 0 Å². The first-order valence-corrected chi connectivity index (χ1v) is 7.32. The molecule has 0 unspecified atom stereocenters. The molecule has 1 aliphatic carbocycles. The van der Waals surface area contributed by atoms with Crippen LogP contribution in [0.15, 0.2) is 0 Å². The Hall–Kier alpha value is -0.810. The Morgan fingerprint density at radius 1 is 1.32 bits per heavy atom. The van der Waals surface area contributed by atoms with Crippen molar-refractivity contribution < 1.29 is 14.3 Å². The summed E-state index contributed by atoms with van der Waals surface area (Å²) in [6, 6.07) is 0.0281. The lowest BCUT2D eigenvalue weighted by Gasteiger charge is -2.28. The number of carbonyl (C=O) groups is 1. The summed E-state index contributed by atoms with van der Waals surface area (Å²) in [4.78, 5) is 12.1. The minimum absolute atomic E-state index is 0.0954. The Morgan fingerprint density at radius 2 is 2.11 bits per heavy atom. The predicted molar refractivity (Wildman–Crippen MR) is 73.2 cm³/mol. The number of ether oxygens (including phenoxy) is 2. The second-order valence-corrected chi connectivity index (χ2v) is 5.98. The normalized spacial score (nSPS) is 35.7. The van der Waals surface area contributed by atoms with Crippen molar-refractivity contribution in [3.05, 3.63) is 0 Å². The quantitative estimate of drug-likeness (QED) is 0.769. The summed E-state index contributed by atoms with van der Waals surface area (Å²) in [6.07, 6.45) is 6.61. The van der Waals surface area contributed by atoms with E-state index in [4.69, 9.17) is 9.47 Å². The zero-order valence-corrected chi connectivity index (χ0v) is 12.0. The molecule has 0 bridgehead atoms. The summed E-state index contributed by atoms with van der Waals surface area (Å²) in [5, 5.41) is 6.12. The topological polar surface area (TPSA) is 59.6 Å². The van der Waals surface area contributed by atoms with Crippen LogP contribution in [0.3, 0.4) is 0 Å². The molecule has 2 aliphatic rings. The minimum atomic E-state index is -0.225. The molecule has 19 heavy (non-hydrogen) atoms. The molecule has 110 valence electrons. The number of carbonyl (C=O) groups excluding carboxylic acids is 1. The first-order chi connectivity index (χ1) is 9.13. The van der Waals surface area contributed by atoms with E-state index in [9.17, 15) is 4.79 Å². The SMILES string of the molecule is CO[C@@H]1CCCCC[C@H]1NC(=O)N[C@]1(C)CCOC1. The van der Waals surface area contributed by atoms with Crippen LogP contribution in [-0.4, -0.2) is 44.0 Å². The van der Waals surface area contributed by atoms with Crippen LogP contribution in [0.2, 0.25) is 0 Å². The molecular weight excluding hydrogens is 244 g/mol. The van der Waals surface area contributed by atoms with Crippen molar-refractivity contribution in [1.29, 1.82) is 0 Å². The van der Waals surface area contributed by atoms with Crippen molar-refractivity contribution in [2.45, 2.75) is 63.1 Å². The number of amides is 2. The van der Waals surface area contributed by atoms with Crippen LogP contribution in [0.5, 0.6) is 0 Å². The molecule has 0 spiro atoms. The molecule has 5 nitrogen and oxygen atoms in total. The van der Waals surface area contributed by atoms with E-state index in [2.05, 4.69) is 10.6 Å². The third-order valence-electron chi connectivity index (χ3n) is 4.21. The van der Waals surface area contributed by atoms with Crippen molar-refractivity contribution in [3.63, 3.8) is 0 Å². The van der Waals surface area contributed by atoms with Gasteiger partial charge in [-0.25, -0.2) is 4.79 Å². The van der Waals surface area contributed by atoms with Gasteiger partial charge in [0.1, 0.15) is 0 Å². The molecule has 2 N–H and O–H groups in total. The summed E-state index contributed by atoms with van der Waals surface area (Å²) in [6.45, 7) is 3.35. The van der Waals surface area contributed by atoms with E-state index in [1.54, 1.807) is 7.11 Å². The summed E-state index contributed by atoms with van der Waals surface area (Å²) < 4.78 is 10.9. The fourth-order valence-electron chi connectivity index (χ4n) is 2.97. The van der Waals surface area contributed by atoms with Crippen LogP contribution in [0.25, 0.3) is 0 Å². The van der Waals surface area contributed by atoms with Gasteiger partial charge in [0, 0.05) is 13.7 Å². The largest absolute Gasteiger partial charge is 0.379 e. The van der Waals surface area contributed by atoms with Gasteiger partial charge >= 0.3 is 6.03 Å². The number of hydrogen-bond acceptors (Lipinski definition) is 3. The molecule has 1 aliphatic heterocycles. The zero-order valence-electron chi connectivity index (χ0n) is 12.0. The number of nitrogens with one attached hydrogen (secondary N) is 2. The van der Waals surface area contributed by atoms with Gasteiger partial charge in [0.2, 0.25) is 0 Å². The van der Waals surface area contributed by atoms with Crippen LogP contribution in [0, 0.1) is 0 Å². The molecule has 2 fully saturated rings. The molecular formula is C14H26N2O3. The Bertz CT molecular complexity index is 303. The summed E-state index contributed by atoms with van der Waals surface area (Å²) in [7, 11) is 1.73. The van der Waals surface area contributed by atoms with Gasteiger partial charge < -0.3 is 20.1 Å². The summed E-state index contributed by atoms with van der Waals surface area (Å²) >= 11 is 0. The van der Waals surface area contributed by atoms with Crippen molar-refractivity contribution >= 4 is 6.03 Å². The minimum Gasteiger partial charge on any atom is -0.379 e. The van der Waals surface area contributed by atoms with Crippen LogP contribution < -0.4 is 10.6 Å². The maximum absolute atomic E-state index is 12.1. The molecule has 2 rings (SSSR count). The number of methoxy groups -OCH3 is 1. The van der Waals surface area contributed by atoms with Gasteiger partial charge in [-0.15, -0.1) is 0 Å². The summed E-state index contributed by atoms with van der Waals surface area (Å²) in [5.41, 5.74) is -0.225. The molecule has 1 heterocycles. The lowest BCUT2D eigenvalue weighted by molar-refractivity contribution is 0.0654. The van der Waals surface area contributed by atoms with Crippen LogP contribution >= 0.6 is 0 Å². The highest BCUT2D eigenvalue weighted by Gasteiger charge is 2.32. The van der Waals surface area contributed by atoms with E-state index < -0.39 is 0 Å². The monoisotopic (exact) mass is 270 g/mol. The standard InChI is InChI=1S/C14H26N2O3/c1-14(8-9-19-10-14)16-13(17)15-11-6-4-3-5-7-12(11)18-2/h11-12H,3-10H2,1-2H3,(H2,15,16,17)/t11-,12-,14-/m1/s1. The first-order valence-electron chi connectivity index (χ1n) is 7.32.